The van der Waals surface area contributed by atoms with E-state index in [4.69, 9.17) is 9.26 Å². The Morgan fingerprint density at radius 3 is 2.90 bits per heavy atom. The second-order valence-corrected chi connectivity index (χ2v) is 6.43. The summed E-state index contributed by atoms with van der Waals surface area (Å²) in [6.07, 6.45) is 2.11. The smallest absolute Gasteiger partial charge is 0.327 e. The van der Waals surface area contributed by atoms with Crippen molar-refractivity contribution in [3.05, 3.63) is 11.8 Å². The number of amides is 1. The van der Waals surface area contributed by atoms with E-state index in [2.05, 4.69) is 5.16 Å². The molecule has 1 aliphatic carbocycles. The lowest BCUT2D eigenvalue weighted by atomic mass is 10.2. The first-order chi connectivity index (χ1) is 10.1. The van der Waals surface area contributed by atoms with Gasteiger partial charge >= 0.3 is 5.97 Å². The average Bonchev–Trinajstić information content (AvgIpc) is 3.04. The van der Waals surface area contributed by atoms with Gasteiger partial charge in [0.1, 0.15) is 11.8 Å². The number of carbonyl (C=O) groups excluding carboxylic acids is 1. The Bertz CT molecular complexity index is 557. The van der Waals surface area contributed by atoms with Gasteiger partial charge in [-0.25, -0.2) is 4.79 Å². The monoisotopic (exact) mass is 312 g/mol. The fourth-order valence-electron chi connectivity index (χ4n) is 2.40. The number of thioether (sulfide) groups is 1. The van der Waals surface area contributed by atoms with Crippen LogP contribution in [0.4, 0.5) is 0 Å². The molecule has 1 aromatic heterocycles. The summed E-state index contributed by atoms with van der Waals surface area (Å²) in [5.74, 6) is 0.403. The number of hydrogen-bond acceptors (Lipinski definition) is 6. The molecule has 0 spiro atoms. The van der Waals surface area contributed by atoms with Crippen molar-refractivity contribution in [1.82, 2.24) is 10.1 Å². The summed E-state index contributed by atoms with van der Waals surface area (Å²) in [5.41, 5.74) is 0. The van der Waals surface area contributed by atoms with Gasteiger partial charge in [0.05, 0.1) is 5.37 Å². The molecule has 0 bridgehead atoms. The van der Waals surface area contributed by atoms with E-state index in [1.807, 2.05) is 0 Å². The van der Waals surface area contributed by atoms with Crippen LogP contribution in [0, 0.1) is 12.8 Å². The lowest BCUT2D eigenvalue weighted by molar-refractivity contribution is -0.150. The van der Waals surface area contributed by atoms with E-state index in [-0.39, 0.29) is 23.8 Å². The Morgan fingerprint density at radius 2 is 2.33 bits per heavy atom. The van der Waals surface area contributed by atoms with Crippen molar-refractivity contribution in [2.24, 2.45) is 5.92 Å². The maximum Gasteiger partial charge on any atom is 0.327 e. The van der Waals surface area contributed by atoms with Crippen LogP contribution in [-0.4, -0.2) is 50.8 Å². The Balaban J connectivity index is 1.66. The third-order valence-electron chi connectivity index (χ3n) is 3.58. The molecular weight excluding hydrogens is 296 g/mol. The Hall–Kier alpha value is -1.70. The van der Waals surface area contributed by atoms with Crippen LogP contribution in [0.5, 0.6) is 5.88 Å². The van der Waals surface area contributed by atoms with Crippen molar-refractivity contribution in [1.29, 1.82) is 0 Å². The number of rotatable bonds is 5. The van der Waals surface area contributed by atoms with E-state index in [0.717, 1.165) is 12.8 Å². The predicted molar refractivity (Wildman–Crippen MR) is 74.0 cm³/mol. The standard InChI is InChI=1S/C13H16N2O5S/c1-7-4-10(14-20-7)19-5-11(16)15-9(13(17)18)6-21-12(15)8-2-3-8/h4,8-9,12H,2-3,5-6H2,1H3,(H,17,18). The molecule has 1 saturated carbocycles. The molecule has 1 aliphatic heterocycles. The highest BCUT2D eigenvalue weighted by molar-refractivity contribution is 8.00. The SMILES string of the molecule is Cc1cc(OCC(=O)N2C(C(=O)O)CSC2C2CC2)no1. The van der Waals surface area contributed by atoms with Crippen LogP contribution in [0.2, 0.25) is 0 Å². The summed E-state index contributed by atoms with van der Waals surface area (Å²) in [5, 5.41) is 12.9. The van der Waals surface area contributed by atoms with Crippen molar-refractivity contribution >= 4 is 23.6 Å². The number of aryl methyl sites for hydroxylation is 1. The first kappa shape index (κ1) is 14.2. The zero-order chi connectivity index (χ0) is 15.0. The number of carboxylic acids is 1. The topological polar surface area (TPSA) is 92.9 Å². The molecule has 2 heterocycles. The van der Waals surface area contributed by atoms with Crippen molar-refractivity contribution < 1.29 is 24.0 Å². The van der Waals surface area contributed by atoms with Crippen LogP contribution < -0.4 is 4.74 Å². The van der Waals surface area contributed by atoms with E-state index < -0.39 is 12.0 Å². The van der Waals surface area contributed by atoms with Crippen molar-refractivity contribution in [3.8, 4) is 5.88 Å². The number of ether oxygens (including phenoxy) is 1. The lowest BCUT2D eigenvalue weighted by Crippen LogP contribution is -2.48. The molecule has 1 amide bonds. The van der Waals surface area contributed by atoms with Crippen LogP contribution >= 0.6 is 11.8 Å². The largest absolute Gasteiger partial charge is 0.480 e. The van der Waals surface area contributed by atoms with Crippen molar-refractivity contribution in [3.63, 3.8) is 0 Å². The summed E-state index contributed by atoms with van der Waals surface area (Å²) < 4.78 is 10.1. The van der Waals surface area contributed by atoms with Crippen LogP contribution in [0.3, 0.4) is 0 Å². The molecule has 2 unspecified atom stereocenters. The van der Waals surface area contributed by atoms with Gasteiger partial charge in [0, 0.05) is 11.8 Å². The maximum absolute atomic E-state index is 12.3. The zero-order valence-corrected chi connectivity index (χ0v) is 12.3. The third-order valence-corrected chi connectivity index (χ3v) is 5.04. The van der Waals surface area contributed by atoms with E-state index >= 15 is 0 Å². The minimum Gasteiger partial charge on any atom is -0.480 e. The molecule has 21 heavy (non-hydrogen) atoms. The summed E-state index contributed by atoms with van der Waals surface area (Å²) >= 11 is 1.55. The predicted octanol–water partition coefficient (Wildman–Crippen LogP) is 1.13. The first-order valence-electron chi connectivity index (χ1n) is 6.78. The third kappa shape index (κ3) is 2.99. The average molecular weight is 312 g/mol. The van der Waals surface area contributed by atoms with E-state index in [1.54, 1.807) is 24.8 Å². The zero-order valence-electron chi connectivity index (χ0n) is 11.5. The molecule has 0 aromatic carbocycles. The van der Waals surface area contributed by atoms with Crippen LogP contribution in [0.15, 0.2) is 10.6 Å². The Labute approximate surface area is 125 Å². The summed E-state index contributed by atoms with van der Waals surface area (Å²) in [7, 11) is 0. The quantitative estimate of drug-likeness (QED) is 0.871. The van der Waals surface area contributed by atoms with Gasteiger partial charge in [-0.15, -0.1) is 11.8 Å². The highest BCUT2D eigenvalue weighted by Gasteiger charge is 2.48. The molecule has 2 aliphatic rings. The summed E-state index contributed by atoms with van der Waals surface area (Å²) in [6.45, 7) is 1.50. The molecule has 7 nitrogen and oxygen atoms in total. The number of aromatic nitrogens is 1. The van der Waals surface area contributed by atoms with Gasteiger partial charge in [0.15, 0.2) is 6.61 Å². The molecule has 3 rings (SSSR count). The molecule has 1 aromatic rings. The maximum atomic E-state index is 12.3. The normalized spacial score (nSPS) is 25.1. The fourth-order valence-corrected chi connectivity index (χ4v) is 4.05. The van der Waals surface area contributed by atoms with Gasteiger partial charge in [-0.1, -0.05) is 0 Å². The number of carboxylic acid groups (broad SMARTS) is 1. The molecule has 8 heteroatoms. The number of carbonyl (C=O) groups is 2. The van der Waals surface area contributed by atoms with Gasteiger partial charge in [-0.05, 0) is 30.8 Å². The second-order valence-electron chi connectivity index (χ2n) is 5.28. The molecule has 1 N–H and O–H groups in total. The van der Waals surface area contributed by atoms with E-state index in [0.29, 0.717) is 17.4 Å². The summed E-state index contributed by atoms with van der Waals surface area (Å²) in [6, 6.07) is 0.815. The number of aliphatic carboxylic acids is 1. The Morgan fingerprint density at radius 1 is 1.57 bits per heavy atom. The van der Waals surface area contributed by atoms with Crippen molar-refractivity contribution in [2.45, 2.75) is 31.2 Å². The minimum atomic E-state index is -0.962. The minimum absolute atomic E-state index is 0.0405. The molecule has 0 radical (unpaired) electrons. The van der Waals surface area contributed by atoms with Gasteiger partial charge in [-0.3, -0.25) is 4.79 Å². The molecule has 114 valence electrons. The fraction of sp³-hybridized carbons (Fsp3) is 0.615. The molecule has 2 fully saturated rings. The highest BCUT2D eigenvalue weighted by Crippen LogP contribution is 2.45. The summed E-state index contributed by atoms with van der Waals surface area (Å²) in [4.78, 5) is 25.1. The first-order valence-corrected chi connectivity index (χ1v) is 7.83. The molecular formula is C13H16N2O5S. The lowest BCUT2D eigenvalue weighted by Gasteiger charge is -2.27. The number of hydrogen-bond donors (Lipinski definition) is 1. The van der Waals surface area contributed by atoms with Gasteiger partial charge in [0.2, 0.25) is 0 Å². The van der Waals surface area contributed by atoms with Crippen LogP contribution in [-0.2, 0) is 9.59 Å². The second kappa shape index (κ2) is 5.59. The van der Waals surface area contributed by atoms with Crippen molar-refractivity contribution in [2.75, 3.05) is 12.4 Å². The molecule has 1 saturated heterocycles. The van der Waals surface area contributed by atoms with E-state index in [1.165, 1.54) is 4.90 Å². The van der Waals surface area contributed by atoms with Crippen LogP contribution in [0.25, 0.3) is 0 Å². The highest BCUT2D eigenvalue weighted by atomic mass is 32.2. The number of nitrogens with zero attached hydrogens (tertiary/aromatic N) is 2. The molecule has 2 atom stereocenters. The van der Waals surface area contributed by atoms with Gasteiger partial charge in [-0.2, -0.15) is 0 Å². The Kier molecular flexibility index (Phi) is 3.79. The van der Waals surface area contributed by atoms with E-state index in [9.17, 15) is 14.7 Å². The van der Waals surface area contributed by atoms with Gasteiger partial charge in [0.25, 0.3) is 11.8 Å². The van der Waals surface area contributed by atoms with Crippen LogP contribution in [0.1, 0.15) is 18.6 Å². The van der Waals surface area contributed by atoms with Gasteiger partial charge < -0.3 is 19.3 Å².